The van der Waals surface area contributed by atoms with Crippen molar-refractivity contribution in [2.45, 2.75) is 117 Å². The Morgan fingerprint density at radius 3 is 1.53 bits per heavy atom. The van der Waals surface area contributed by atoms with Crippen molar-refractivity contribution in [3.63, 3.8) is 0 Å². The molecule has 1 saturated heterocycles. The fraction of sp³-hybridized carbons (Fsp3) is 1.00. The summed E-state index contributed by atoms with van der Waals surface area (Å²) in [6.07, 6.45) is 23.0. The van der Waals surface area contributed by atoms with Gasteiger partial charge >= 0.3 is 0 Å². The Labute approximate surface area is 204 Å². The van der Waals surface area contributed by atoms with Gasteiger partial charge in [-0.25, -0.2) is 0 Å². The molecular weight excluding hydrogens is 390 g/mol. The molecule has 0 amide bonds. The molecule has 0 N–H and O–H groups in total. The van der Waals surface area contributed by atoms with Crippen molar-refractivity contribution in [2.24, 2.45) is 0 Å². The zero-order chi connectivity index (χ0) is 23.5. The molecule has 0 radical (unpaired) electrons. The molecular formula is C29H63N3+2. The van der Waals surface area contributed by atoms with Gasteiger partial charge in [0.05, 0.1) is 53.9 Å². The van der Waals surface area contributed by atoms with Gasteiger partial charge in [0.1, 0.15) is 0 Å². The van der Waals surface area contributed by atoms with Crippen LogP contribution in [0.2, 0.25) is 0 Å². The van der Waals surface area contributed by atoms with Crippen molar-refractivity contribution >= 4 is 0 Å². The molecule has 32 heavy (non-hydrogen) atoms. The molecule has 0 aliphatic carbocycles. The molecule has 0 unspecified atom stereocenters. The Kier molecular flexibility index (Phi) is 17.0. The van der Waals surface area contributed by atoms with Crippen LogP contribution >= 0.6 is 0 Å². The van der Waals surface area contributed by atoms with Gasteiger partial charge in [-0.2, -0.15) is 0 Å². The van der Waals surface area contributed by atoms with Crippen LogP contribution in [0, 0.1) is 0 Å². The summed E-state index contributed by atoms with van der Waals surface area (Å²) in [5, 5.41) is 0. The van der Waals surface area contributed by atoms with E-state index >= 15 is 0 Å². The second-order valence-electron chi connectivity index (χ2n) is 12.0. The number of hydrogen-bond acceptors (Lipinski definition) is 1. The van der Waals surface area contributed by atoms with Crippen LogP contribution in [-0.2, 0) is 0 Å². The van der Waals surface area contributed by atoms with Crippen LogP contribution in [-0.4, -0.2) is 87.4 Å². The summed E-state index contributed by atoms with van der Waals surface area (Å²) in [6.45, 7) is 15.3. The van der Waals surface area contributed by atoms with Gasteiger partial charge in [0.2, 0.25) is 0 Å². The van der Waals surface area contributed by atoms with Gasteiger partial charge in [0.25, 0.3) is 0 Å². The van der Waals surface area contributed by atoms with Crippen molar-refractivity contribution in [2.75, 3.05) is 73.5 Å². The first-order chi connectivity index (χ1) is 15.4. The van der Waals surface area contributed by atoms with Crippen LogP contribution in [0.3, 0.4) is 0 Å². The normalized spacial score (nSPS) is 17.2. The van der Waals surface area contributed by atoms with Crippen LogP contribution in [0.15, 0.2) is 0 Å². The Morgan fingerprint density at radius 1 is 0.594 bits per heavy atom. The molecule has 192 valence electrons. The number of piperazine rings is 1. The standard InChI is InChI=1S/C29H63N3/c1-6-8-10-12-14-16-18-20-25-31(3,4)27-22-30-23-28-32(5,29-24-30)26-21-19-17-15-13-11-9-7-2/h6-29H2,1-5H3/q+2. The van der Waals surface area contributed by atoms with Crippen LogP contribution in [0.5, 0.6) is 0 Å². The number of hydrogen-bond donors (Lipinski definition) is 0. The van der Waals surface area contributed by atoms with Gasteiger partial charge in [-0.1, -0.05) is 90.9 Å². The van der Waals surface area contributed by atoms with Crippen molar-refractivity contribution in [3.8, 4) is 0 Å². The van der Waals surface area contributed by atoms with Crippen molar-refractivity contribution in [1.82, 2.24) is 4.90 Å². The summed E-state index contributed by atoms with van der Waals surface area (Å²) in [7, 11) is 7.42. The molecule has 0 aromatic carbocycles. The van der Waals surface area contributed by atoms with Gasteiger partial charge < -0.3 is 8.97 Å². The maximum Gasteiger partial charge on any atom is 0.0914 e. The summed E-state index contributed by atoms with van der Waals surface area (Å²) >= 11 is 0. The highest BCUT2D eigenvalue weighted by Gasteiger charge is 2.29. The van der Waals surface area contributed by atoms with Crippen molar-refractivity contribution in [1.29, 1.82) is 0 Å². The number of unbranched alkanes of at least 4 members (excludes halogenated alkanes) is 14. The highest BCUT2D eigenvalue weighted by Crippen LogP contribution is 2.15. The summed E-state index contributed by atoms with van der Waals surface area (Å²) in [6, 6.07) is 0. The topological polar surface area (TPSA) is 3.24 Å². The third-order valence-electron chi connectivity index (χ3n) is 8.10. The minimum absolute atomic E-state index is 1.21. The molecule has 3 heteroatoms. The first-order valence-corrected chi connectivity index (χ1v) is 14.8. The van der Waals surface area contributed by atoms with Crippen LogP contribution in [0.25, 0.3) is 0 Å². The highest BCUT2D eigenvalue weighted by molar-refractivity contribution is 4.63. The fourth-order valence-corrected chi connectivity index (χ4v) is 5.26. The molecule has 1 aliphatic rings. The smallest absolute Gasteiger partial charge is 0.0914 e. The first kappa shape index (κ1) is 29.9. The van der Waals surface area contributed by atoms with Gasteiger partial charge in [0.15, 0.2) is 0 Å². The Morgan fingerprint density at radius 2 is 1.03 bits per heavy atom. The average Bonchev–Trinajstić information content (AvgIpc) is 2.77. The minimum atomic E-state index is 1.21. The second kappa shape index (κ2) is 18.2. The summed E-state index contributed by atoms with van der Waals surface area (Å²) in [5.74, 6) is 0. The van der Waals surface area contributed by atoms with E-state index < -0.39 is 0 Å². The lowest BCUT2D eigenvalue weighted by Gasteiger charge is -2.43. The molecule has 1 heterocycles. The largest absolute Gasteiger partial charge is 0.327 e. The van der Waals surface area contributed by atoms with E-state index in [0.717, 1.165) is 0 Å². The van der Waals surface area contributed by atoms with Gasteiger partial charge in [-0.3, -0.25) is 4.90 Å². The van der Waals surface area contributed by atoms with E-state index in [1.165, 1.54) is 164 Å². The van der Waals surface area contributed by atoms with Crippen molar-refractivity contribution in [3.05, 3.63) is 0 Å². The van der Waals surface area contributed by atoms with E-state index in [0.29, 0.717) is 0 Å². The first-order valence-electron chi connectivity index (χ1n) is 14.8. The molecule has 0 spiro atoms. The third-order valence-corrected chi connectivity index (χ3v) is 8.10. The maximum atomic E-state index is 2.75. The molecule has 1 aliphatic heterocycles. The molecule has 0 atom stereocenters. The van der Waals surface area contributed by atoms with E-state index in [4.69, 9.17) is 0 Å². The van der Waals surface area contributed by atoms with Crippen LogP contribution in [0.4, 0.5) is 0 Å². The predicted molar refractivity (Wildman–Crippen MR) is 144 cm³/mol. The summed E-state index contributed by atoms with van der Waals surface area (Å²) in [4.78, 5) is 2.75. The summed E-state index contributed by atoms with van der Waals surface area (Å²) in [5.41, 5.74) is 0. The molecule has 1 rings (SSSR count). The third kappa shape index (κ3) is 15.7. The number of quaternary nitrogens is 2. The zero-order valence-electron chi connectivity index (χ0n) is 23.3. The van der Waals surface area contributed by atoms with E-state index in [1.54, 1.807) is 0 Å². The van der Waals surface area contributed by atoms with Gasteiger partial charge in [0, 0.05) is 19.6 Å². The molecule has 0 saturated carbocycles. The second-order valence-corrected chi connectivity index (χ2v) is 12.0. The van der Waals surface area contributed by atoms with E-state index in [2.05, 4.69) is 39.9 Å². The molecule has 0 aromatic heterocycles. The Hall–Kier alpha value is -0.120. The molecule has 0 aromatic rings. The number of likely N-dealkylation sites (N-methyl/N-ethyl adjacent to an activating group) is 2. The average molecular weight is 454 g/mol. The van der Waals surface area contributed by atoms with E-state index in [-0.39, 0.29) is 0 Å². The predicted octanol–water partition coefficient (Wildman–Crippen LogP) is 7.11. The Balaban J connectivity index is 2.05. The van der Waals surface area contributed by atoms with Gasteiger partial charge in [-0.15, -0.1) is 0 Å². The molecule has 3 nitrogen and oxygen atoms in total. The lowest BCUT2D eigenvalue weighted by Crippen LogP contribution is -2.58. The van der Waals surface area contributed by atoms with Crippen LogP contribution < -0.4 is 0 Å². The quantitative estimate of drug-likeness (QED) is 0.132. The van der Waals surface area contributed by atoms with Gasteiger partial charge in [-0.05, 0) is 25.7 Å². The number of rotatable bonds is 21. The number of nitrogens with zero attached hydrogens (tertiary/aromatic N) is 3. The summed E-state index contributed by atoms with van der Waals surface area (Å²) < 4.78 is 2.53. The minimum Gasteiger partial charge on any atom is -0.327 e. The Bertz CT molecular complexity index is 413. The maximum absolute atomic E-state index is 2.75. The highest BCUT2D eigenvalue weighted by atomic mass is 15.4. The fourth-order valence-electron chi connectivity index (χ4n) is 5.26. The lowest BCUT2D eigenvalue weighted by atomic mass is 10.1. The van der Waals surface area contributed by atoms with Crippen LogP contribution in [0.1, 0.15) is 117 Å². The van der Waals surface area contributed by atoms with E-state index in [9.17, 15) is 0 Å². The monoisotopic (exact) mass is 454 g/mol. The van der Waals surface area contributed by atoms with Crippen molar-refractivity contribution < 1.29 is 8.97 Å². The van der Waals surface area contributed by atoms with E-state index in [1.807, 2.05) is 0 Å². The lowest BCUT2D eigenvalue weighted by molar-refractivity contribution is -0.914. The zero-order valence-corrected chi connectivity index (χ0v) is 23.3. The molecule has 1 fully saturated rings. The SMILES string of the molecule is CCCCCCCCCC[N+](C)(C)CCN1CC[N+](C)(CCCCCCCCCC)CC1. The molecule has 0 bridgehead atoms.